The van der Waals surface area contributed by atoms with Crippen LogP contribution in [0.2, 0.25) is 0 Å². The van der Waals surface area contributed by atoms with Gasteiger partial charge in [-0.25, -0.2) is 4.79 Å². The molecule has 2 rings (SSSR count). The molecule has 2 aromatic rings. The smallest absolute Gasteiger partial charge is 0.347 e. The van der Waals surface area contributed by atoms with Gasteiger partial charge in [0.25, 0.3) is 0 Å². The number of benzene rings is 2. The molecular weight excluding hydrogens is 290 g/mol. The fraction of sp³-hybridized carbons (Fsp3) is 0.263. The van der Waals surface area contributed by atoms with Gasteiger partial charge in [0, 0.05) is 0 Å². The van der Waals surface area contributed by atoms with E-state index >= 15 is 0 Å². The number of nitrogens with zero attached hydrogens (tertiary/aromatic N) is 1. The summed E-state index contributed by atoms with van der Waals surface area (Å²) < 4.78 is 11.2. The molecule has 0 aliphatic heterocycles. The number of esters is 1. The normalized spacial score (nSPS) is 11.3. The number of hydrogen-bond acceptors (Lipinski definition) is 4. The van der Waals surface area contributed by atoms with Crippen molar-refractivity contribution in [2.75, 3.05) is 0 Å². The third-order valence-electron chi connectivity index (χ3n) is 3.32. The van der Waals surface area contributed by atoms with Crippen molar-refractivity contribution in [3.05, 3.63) is 59.7 Å². The minimum absolute atomic E-state index is 0.0314. The summed E-state index contributed by atoms with van der Waals surface area (Å²) in [7, 11) is 0. The number of carbonyl (C=O) groups excluding carboxylic acids is 1. The van der Waals surface area contributed by atoms with E-state index in [0.717, 1.165) is 12.8 Å². The molecule has 0 heterocycles. The molecule has 1 atom stereocenters. The number of nitriles is 1. The van der Waals surface area contributed by atoms with Crippen molar-refractivity contribution in [2.24, 2.45) is 0 Å². The van der Waals surface area contributed by atoms with Crippen LogP contribution in [0, 0.1) is 11.3 Å². The molecule has 4 heteroatoms. The third-order valence-corrected chi connectivity index (χ3v) is 3.32. The summed E-state index contributed by atoms with van der Waals surface area (Å²) in [5.74, 6) is 0.437. The Morgan fingerprint density at radius 3 is 2.52 bits per heavy atom. The fourth-order valence-electron chi connectivity index (χ4n) is 2.18. The van der Waals surface area contributed by atoms with Gasteiger partial charge in [0.1, 0.15) is 17.1 Å². The lowest BCUT2D eigenvalue weighted by atomic mass is 10.2. The van der Waals surface area contributed by atoms with E-state index in [0.29, 0.717) is 22.6 Å². The molecule has 0 radical (unpaired) electrons. The maximum Gasteiger partial charge on any atom is 0.347 e. The lowest BCUT2D eigenvalue weighted by Gasteiger charge is -2.16. The Bertz CT molecular complexity index is 701. The standard InChI is InChI=1S/C19H19NO3/c1-3-6-14(2)22-18-8-5-4-7-17(18)19(21)23-16-11-9-15(13-20)10-12-16/h4-5,7-12,14H,3,6H2,1-2H3. The molecule has 0 amide bonds. The van der Waals surface area contributed by atoms with Crippen LogP contribution in [-0.2, 0) is 0 Å². The predicted octanol–water partition coefficient (Wildman–Crippen LogP) is 4.34. The van der Waals surface area contributed by atoms with Crippen molar-refractivity contribution in [3.63, 3.8) is 0 Å². The first-order valence-electron chi connectivity index (χ1n) is 7.62. The second kappa shape index (κ2) is 8.00. The fourth-order valence-corrected chi connectivity index (χ4v) is 2.18. The second-order valence-corrected chi connectivity index (χ2v) is 5.24. The van der Waals surface area contributed by atoms with Crippen LogP contribution >= 0.6 is 0 Å². The monoisotopic (exact) mass is 309 g/mol. The van der Waals surface area contributed by atoms with Crippen LogP contribution in [0.5, 0.6) is 11.5 Å². The van der Waals surface area contributed by atoms with Gasteiger partial charge in [0.2, 0.25) is 0 Å². The lowest BCUT2D eigenvalue weighted by molar-refractivity contribution is 0.0727. The first-order chi connectivity index (χ1) is 11.1. The molecule has 0 N–H and O–H groups in total. The molecule has 0 saturated heterocycles. The SMILES string of the molecule is CCCC(C)Oc1ccccc1C(=O)Oc1ccc(C#N)cc1. The van der Waals surface area contributed by atoms with Crippen LogP contribution in [0.4, 0.5) is 0 Å². The molecule has 23 heavy (non-hydrogen) atoms. The van der Waals surface area contributed by atoms with Gasteiger partial charge in [-0.15, -0.1) is 0 Å². The van der Waals surface area contributed by atoms with Crippen LogP contribution in [0.3, 0.4) is 0 Å². The van der Waals surface area contributed by atoms with Gasteiger partial charge in [-0.2, -0.15) is 5.26 Å². The molecule has 0 spiro atoms. The molecule has 0 fully saturated rings. The van der Waals surface area contributed by atoms with E-state index in [4.69, 9.17) is 14.7 Å². The maximum atomic E-state index is 12.4. The van der Waals surface area contributed by atoms with Gasteiger partial charge >= 0.3 is 5.97 Å². The van der Waals surface area contributed by atoms with Crippen molar-refractivity contribution in [1.29, 1.82) is 5.26 Å². The minimum atomic E-state index is -0.478. The van der Waals surface area contributed by atoms with Crippen molar-refractivity contribution in [1.82, 2.24) is 0 Å². The summed E-state index contributed by atoms with van der Waals surface area (Å²) >= 11 is 0. The summed E-state index contributed by atoms with van der Waals surface area (Å²) in [4.78, 5) is 12.4. The highest BCUT2D eigenvalue weighted by Gasteiger charge is 2.16. The number of hydrogen-bond donors (Lipinski definition) is 0. The van der Waals surface area contributed by atoms with Gasteiger partial charge < -0.3 is 9.47 Å². The summed E-state index contributed by atoms with van der Waals surface area (Å²) in [5, 5.41) is 8.78. The van der Waals surface area contributed by atoms with Gasteiger partial charge in [-0.05, 0) is 49.7 Å². The molecular formula is C19H19NO3. The van der Waals surface area contributed by atoms with E-state index < -0.39 is 5.97 Å². The second-order valence-electron chi connectivity index (χ2n) is 5.24. The van der Waals surface area contributed by atoms with E-state index in [-0.39, 0.29) is 6.10 Å². The molecule has 1 unspecified atom stereocenters. The zero-order valence-corrected chi connectivity index (χ0v) is 13.3. The van der Waals surface area contributed by atoms with Crippen molar-refractivity contribution in [3.8, 4) is 17.6 Å². The van der Waals surface area contributed by atoms with E-state index in [1.165, 1.54) is 0 Å². The highest BCUT2D eigenvalue weighted by atomic mass is 16.5. The van der Waals surface area contributed by atoms with E-state index in [2.05, 4.69) is 6.92 Å². The average Bonchev–Trinajstić information content (AvgIpc) is 2.56. The highest BCUT2D eigenvalue weighted by Crippen LogP contribution is 2.23. The molecule has 4 nitrogen and oxygen atoms in total. The molecule has 2 aromatic carbocycles. The summed E-state index contributed by atoms with van der Waals surface area (Å²) in [5.41, 5.74) is 0.904. The van der Waals surface area contributed by atoms with Crippen LogP contribution in [0.1, 0.15) is 42.6 Å². The van der Waals surface area contributed by atoms with E-state index in [1.807, 2.05) is 19.1 Å². The first kappa shape index (κ1) is 16.6. The van der Waals surface area contributed by atoms with Gasteiger partial charge in [-0.3, -0.25) is 0 Å². The average molecular weight is 309 g/mol. The van der Waals surface area contributed by atoms with Gasteiger partial charge in [0.15, 0.2) is 0 Å². The molecule has 0 bridgehead atoms. The molecule has 0 saturated carbocycles. The topological polar surface area (TPSA) is 59.3 Å². The Labute approximate surface area is 136 Å². The Morgan fingerprint density at radius 2 is 1.87 bits per heavy atom. The van der Waals surface area contributed by atoms with Gasteiger partial charge in [0.05, 0.1) is 17.7 Å². The molecule has 0 aliphatic carbocycles. The van der Waals surface area contributed by atoms with Crippen LogP contribution in [0.15, 0.2) is 48.5 Å². The lowest BCUT2D eigenvalue weighted by Crippen LogP contribution is -2.15. The Hall–Kier alpha value is -2.80. The number of rotatable bonds is 6. The van der Waals surface area contributed by atoms with Crippen LogP contribution < -0.4 is 9.47 Å². The zero-order chi connectivity index (χ0) is 16.7. The highest BCUT2D eigenvalue weighted by molar-refractivity contribution is 5.94. The first-order valence-corrected chi connectivity index (χ1v) is 7.62. The Balaban J connectivity index is 2.13. The third kappa shape index (κ3) is 4.58. The molecule has 118 valence electrons. The Kier molecular flexibility index (Phi) is 5.76. The molecule has 0 aromatic heterocycles. The number of para-hydroxylation sites is 1. The maximum absolute atomic E-state index is 12.4. The number of ether oxygens (including phenoxy) is 2. The van der Waals surface area contributed by atoms with Crippen molar-refractivity contribution in [2.45, 2.75) is 32.8 Å². The van der Waals surface area contributed by atoms with Crippen molar-refractivity contribution >= 4 is 5.97 Å². The van der Waals surface area contributed by atoms with E-state index in [9.17, 15) is 4.79 Å². The predicted molar refractivity (Wildman–Crippen MR) is 87.6 cm³/mol. The van der Waals surface area contributed by atoms with Crippen LogP contribution in [-0.4, -0.2) is 12.1 Å². The zero-order valence-electron chi connectivity index (χ0n) is 13.3. The number of carbonyl (C=O) groups is 1. The summed E-state index contributed by atoms with van der Waals surface area (Å²) in [6.45, 7) is 4.07. The van der Waals surface area contributed by atoms with Crippen LogP contribution in [0.25, 0.3) is 0 Å². The van der Waals surface area contributed by atoms with Gasteiger partial charge in [-0.1, -0.05) is 25.5 Å². The molecule has 0 aliphatic rings. The largest absolute Gasteiger partial charge is 0.490 e. The van der Waals surface area contributed by atoms with Crippen molar-refractivity contribution < 1.29 is 14.3 Å². The quantitative estimate of drug-likeness (QED) is 0.588. The Morgan fingerprint density at radius 1 is 1.17 bits per heavy atom. The summed E-state index contributed by atoms with van der Waals surface area (Å²) in [6, 6.07) is 15.5. The van der Waals surface area contributed by atoms with E-state index in [1.54, 1.807) is 42.5 Å². The minimum Gasteiger partial charge on any atom is -0.490 e. The summed E-state index contributed by atoms with van der Waals surface area (Å²) in [6.07, 6.45) is 1.96.